The van der Waals surface area contributed by atoms with Crippen molar-refractivity contribution in [2.75, 3.05) is 5.32 Å². The molecule has 2 aromatic carbocycles. The van der Waals surface area contributed by atoms with Crippen LogP contribution >= 0.6 is 38.9 Å². The van der Waals surface area contributed by atoms with E-state index in [0.29, 0.717) is 21.8 Å². The first-order valence-corrected chi connectivity index (χ1v) is 8.20. The molecule has 1 aromatic heterocycles. The quantitative estimate of drug-likeness (QED) is 0.657. The first-order chi connectivity index (χ1) is 10.1. The van der Waals surface area contributed by atoms with Crippen molar-refractivity contribution in [3.05, 3.63) is 56.5 Å². The number of anilines is 1. The number of fused-ring (bicyclic) bond motifs is 1. The molecule has 0 unspecified atom stereocenters. The summed E-state index contributed by atoms with van der Waals surface area (Å²) in [6, 6.07) is 9.25. The van der Waals surface area contributed by atoms with Gasteiger partial charge < -0.3 is 5.32 Å². The van der Waals surface area contributed by atoms with Crippen molar-refractivity contribution in [3.63, 3.8) is 0 Å². The monoisotopic (exact) mass is 380 g/mol. The van der Waals surface area contributed by atoms with Crippen LogP contribution in [0.1, 0.15) is 15.9 Å². The van der Waals surface area contributed by atoms with E-state index in [4.69, 9.17) is 11.6 Å². The lowest BCUT2D eigenvalue weighted by molar-refractivity contribution is 0.102. The van der Waals surface area contributed by atoms with Gasteiger partial charge in [0.2, 0.25) is 0 Å². The third-order valence-electron chi connectivity index (χ3n) is 3.13. The van der Waals surface area contributed by atoms with Gasteiger partial charge in [-0.1, -0.05) is 33.6 Å². The Morgan fingerprint density at radius 2 is 2.14 bits per heavy atom. The molecule has 3 aromatic rings. The Morgan fingerprint density at radius 3 is 2.95 bits per heavy atom. The van der Waals surface area contributed by atoms with Gasteiger partial charge in [-0.15, -0.1) is 11.3 Å². The van der Waals surface area contributed by atoms with Gasteiger partial charge in [-0.05, 0) is 36.8 Å². The number of benzene rings is 2. The molecule has 0 aliphatic rings. The van der Waals surface area contributed by atoms with Crippen LogP contribution in [0.5, 0.6) is 0 Å². The number of carbonyl (C=O) groups excluding carboxylic acids is 1. The number of nitrogens with one attached hydrogen (secondary N) is 1. The third kappa shape index (κ3) is 2.81. The molecular formula is C15H10BrClN2OS. The molecule has 0 saturated carbocycles. The number of hydrogen-bond acceptors (Lipinski definition) is 3. The largest absolute Gasteiger partial charge is 0.319 e. The molecule has 0 aliphatic carbocycles. The highest BCUT2D eigenvalue weighted by Crippen LogP contribution is 2.32. The van der Waals surface area contributed by atoms with Gasteiger partial charge in [0.15, 0.2) is 0 Å². The van der Waals surface area contributed by atoms with Crippen molar-refractivity contribution >= 4 is 60.7 Å². The van der Waals surface area contributed by atoms with Crippen molar-refractivity contribution in [2.45, 2.75) is 6.92 Å². The zero-order valence-electron chi connectivity index (χ0n) is 11.0. The van der Waals surface area contributed by atoms with Crippen molar-refractivity contribution < 1.29 is 4.79 Å². The minimum Gasteiger partial charge on any atom is -0.319 e. The van der Waals surface area contributed by atoms with Crippen LogP contribution in [-0.4, -0.2) is 10.9 Å². The maximum atomic E-state index is 12.5. The summed E-state index contributed by atoms with van der Waals surface area (Å²) in [5.41, 5.74) is 4.51. The van der Waals surface area contributed by atoms with Gasteiger partial charge in [-0.3, -0.25) is 4.79 Å². The maximum Gasteiger partial charge on any atom is 0.256 e. The van der Waals surface area contributed by atoms with Gasteiger partial charge in [0.25, 0.3) is 5.91 Å². The Kier molecular flexibility index (Phi) is 3.97. The first kappa shape index (κ1) is 14.5. The van der Waals surface area contributed by atoms with E-state index in [1.807, 2.05) is 25.1 Å². The predicted octanol–water partition coefficient (Wildman–Crippen LogP) is 5.27. The number of thiazole rings is 1. The predicted molar refractivity (Wildman–Crippen MR) is 91.5 cm³/mol. The molecule has 0 atom stereocenters. The van der Waals surface area contributed by atoms with Gasteiger partial charge in [-0.2, -0.15) is 0 Å². The van der Waals surface area contributed by atoms with Crippen molar-refractivity contribution in [1.82, 2.24) is 4.98 Å². The maximum absolute atomic E-state index is 12.5. The molecule has 1 heterocycles. The average molecular weight is 382 g/mol. The van der Waals surface area contributed by atoms with E-state index in [1.54, 1.807) is 17.6 Å². The van der Waals surface area contributed by atoms with Gasteiger partial charge >= 0.3 is 0 Å². The number of amides is 1. The number of aryl methyl sites for hydroxylation is 1. The summed E-state index contributed by atoms with van der Waals surface area (Å²) in [6.07, 6.45) is 0. The minimum absolute atomic E-state index is 0.198. The highest BCUT2D eigenvalue weighted by Gasteiger charge is 2.15. The second-order valence-electron chi connectivity index (χ2n) is 4.53. The molecule has 0 spiro atoms. The van der Waals surface area contributed by atoms with E-state index in [1.165, 1.54) is 11.3 Å². The van der Waals surface area contributed by atoms with Gasteiger partial charge in [-0.25, -0.2) is 4.98 Å². The highest BCUT2D eigenvalue weighted by atomic mass is 79.9. The lowest BCUT2D eigenvalue weighted by Crippen LogP contribution is -2.14. The standard InChI is InChI=1S/C15H10BrClN2OS/c1-8-2-3-9(16)6-10(8)15(20)19-13-11(17)4-5-12-14(13)18-7-21-12/h2-7H,1H3,(H,19,20). The summed E-state index contributed by atoms with van der Waals surface area (Å²) in [4.78, 5) is 16.8. The molecular weight excluding hydrogens is 372 g/mol. The molecule has 0 saturated heterocycles. The van der Waals surface area contributed by atoms with Crippen LogP contribution < -0.4 is 5.32 Å². The van der Waals surface area contributed by atoms with Crippen molar-refractivity contribution in [1.29, 1.82) is 0 Å². The van der Waals surface area contributed by atoms with Gasteiger partial charge in [0, 0.05) is 10.0 Å². The zero-order chi connectivity index (χ0) is 15.0. The van der Waals surface area contributed by atoms with Crippen LogP contribution in [0.15, 0.2) is 40.3 Å². The van der Waals surface area contributed by atoms with E-state index in [9.17, 15) is 4.79 Å². The SMILES string of the molecule is Cc1ccc(Br)cc1C(=O)Nc1c(Cl)ccc2scnc12. The van der Waals surface area contributed by atoms with E-state index in [0.717, 1.165) is 14.7 Å². The molecule has 1 amide bonds. The Labute approximate surface area is 139 Å². The topological polar surface area (TPSA) is 42.0 Å². The average Bonchev–Trinajstić information content (AvgIpc) is 2.93. The van der Waals surface area contributed by atoms with Crippen LogP contribution in [0, 0.1) is 6.92 Å². The fourth-order valence-corrected chi connectivity index (χ4v) is 3.29. The highest BCUT2D eigenvalue weighted by molar-refractivity contribution is 9.10. The lowest BCUT2D eigenvalue weighted by Gasteiger charge is -2.10. The molecule has 3 nitrogen and oxygen atoms in total. The second-order valence-corrected chi connectivity index (χ2v) is 6.74. The molecule has 106 valence electrons. The van der Waals surface area contributed by atoms with Crippen molar-refractivity contribution in [3.8, 4) is 0 Å². The minimum atomic E-state index is -0.198. The second kappa shape index (κ2) is 5.75. The fraction of sp³-hybridized carbons (Fsp3) is 0.0667. The van der Waals surface area contributed by atoms with Crippen LogP contribution in [-0.2, 0) is 0 Å². The van der Waals surface area contributed by atoms with Gasteiger partial charge in [0.05, 0.1) is 20.9 Å². The smallest absolute Gasteiger partial charge is 0.256 e. The first-order valence-electron chi connectivity index (χ1n) is 6.15. The molecule has 0 radical (unpaired) electrons. The van der Waals surface area contributed by atoms with Crippen LogP contribution in [0.3, 0.4) is 0 Å². The molecule has 6 heteroatoms. The lowest BCUT2D eigenvalue weighted by atomic mass is 10.1. The number of aromatic nitrogens is 1. The summed E-state index contributed by atoms with van der Waals surface area (Å²) >= 11 is 11.1. The summed E-state index contributed by atoms with van der Waals surface area (Å²) in [6.45, 7) is 1.90. The molecule has 0 bridgehead atoms. The Morgan fingerprint density at radius 1 is 1.33 bits per heavy atom. The summed E-state index contributed by atoms with van der Waals surface area (Å²) in [7, 11) is 0. The summed E-state index contributed by atoms with van der Waals surface area (Å²) in [5, 5.41) is 3.36. The zero-order valence-corrected chi connectivity index (χ0v) is 14.1. The van der Waals surface area contributed by atoms with Crippen LogP contribution in [0.4, 0.5) is 5.69 Å². The molecule has 0 fully saturated rings. The molecule has 3 rings (SSSR count). The van der Waals surface area contributed by atoms with Crippen molar-refractivity contribution in [2.24, 2.45) is 0 Å². The number of carbonyl (C=O) groups is 1. The van der Waals surface area contributed by atoms with Gasteiger partial charge in [0.1, 0.15) is 5.52 Å². The summed E-state index contributed by atoms with van der Waals surface area (Å²) in [5.74, 6) is -0.198. The number of halogens is 2. The fourth-order valence-electron chi connectivity index (χ4n) is 2.05. The third-order valence-corrected chi connectivity index (χ3v) is 4.74. The Hall–Kier alpha value is -1.43. The van der Waals surface area contributed by atoms with Crippen LogP contribution in [0.25, 0.3) is 10.2 Å². The molecule has 0 aliphatic heterocycles. The van der Waals surface area contributed by atoms with E-state index < -0.39 is 0 Å². The molecule has 1 N–H and O–H groups in total. The van der Waals surface area contributed by atoms with E-state index in [-0.39, 0.29) is 5.91 Å². The van der Waals surface area contributed by atoms with E-state index >= 15 is 0 Å². The number of hydrogen-bond donors (Lipinski definition) is 1. The summed E-state index contributed by atoms with van der Waals surface area (Å²) < 4.78 is 1.84. The number of rotatable bonds is 2. The van der Waals surface area contributed by atoms with Crippen LogP contribution in [0.2, 0.25) is 5.02 Å². The normalized spacial score (nSPS) is 10.8. The molecule has 21 heavy (non-hydrogen) atoms. The number of nitrogens with zero attached hydrogens (tertiary/aromatic N) is 1. The Bertz CT molecular complexity index is 847. The Balaban J connectivity index is 2.02. The van der Waals surface area contributed by atoms with E-state index in [2.05, 4.69) is 26.2 Å².